The Hall–Kier alpha value is -0.640. The number of nitrogens with zero attached hydrogens (tertiary/aromatic N) is 2. The summed E-state index contributed by atoms with van der Waals surface area (Å²) < 4.78 is 0. The third-order valence-corrected chi connectivity index (χ3v) is 2.03. The minimum absolute atomic E-state index is 0.891. The van der Waals surface area contributed by atoms with E-state index >= 15 is 0 Å². The molecule has 0 radical (unpaired) electrons. The lowest BCUT2D eigenvalue weighted by atomic mass is 10.2. The first kappa shape index (κ1) is 10.4. The molecule has 0 saturated carbocycles. The second kappa shape index (κ2) is 5.91. The van der Waals surface area contributed by atoms with Gasteiger partial charge in [-0.3, -0.25) is 0 Å². The van der Waals surface area contributed by atoms with Gasteiger partial charge in [0.15, 0.2) is 0 Å². The first-order valence-electron chi connectivity index (χ1n) is 4.47. The molecule has 13 heavy (non-hydrogen) atoms. The van der Waals surface area contributed by atoms with E-state index in [1.807, 2.05) is 6.07 Å². The maximum absolute atomic E-state index is 4.17. The van der Waals surface area contributed by atoms with E-state index in [0.717, 1.165) is 36.2 Å². The lowest BCUT2D eigenvalue weighted by molar-refractivity contribution is 0.872. The maximum Gasteiger partial charge on any atom is 0.129 e. The highest BCUT2D eigenvalue weighted by Crippen LogP contribution is 2.05. The molecule has 0 fully saturated rings. The largest absolute Gasteiger partial charge is 0.369 e. The monoisotopic (exact) mass is 243 g/mol. The van der Waals surface area contributed by atoms with Crippen LogP contribution in [0.1, 0.15) is 19.0 Å². The molecule has 3 nitrogen and oxygen atoms in total. The number of anilines is 1. The molecule has 0 amide bonds. The zero-order valence-corrected chi connectivity index (χ0v) is 9.34. The predicted molar refractivity (Wildman–Crippen MR) is 58.3 cm³/mol. The summed E-state index contributed by atoms with van der Waals surface area (Å²) in [5.41, 5.74) is 1.11. The van der Waals surface area contributed by atoms with E-state index in [-0.39, 0.29) is 0 Å². The Morgan fingerprint density at radius 3 is 3.00 bits per heavy atom. The van der Waals surface area contributed by atoms with Gasteiger partial charge in [-0.05, 0) is 6.42 Å². The topological polar surface area (TPSA) is 37.8 Å². The normalized spacial score (nSPS) is 10.0. The quantitative estimate of drug-likeness (QED) is 0.807. The molecule has 0 bridgehead atoms. The van der Waals surface area contributed by atoms with Crippen LogP contribution >= 0.6 is 15.9 Å². The van der Waals surface area contributed by atoms with Crippen molar-refractivity contribution in [3.8, 4) is 0 Å². The third-order valence-electron chi connectivity index (χ3n) is 1.63. The average molecular weight is 244 g/mol. The molecular weight excluding hydrogens is 230 g/mol. The lowest BCUT2D eigenvalue weighted by Crippen LogP contribution is -2.05. The van der Waals surface area contributed by atoms with Crippen molar-refractivity contribution >= 4 is 21.7 Å². The molecule has 0 aliphatic rings. The fourth-order valence-electron chi connectivity index (χ4n) is 1.06. The number of hydrogen-bond donors (Lipinski definition) is 1. The lowest BCUT2D eigenvalue weighted by Gasteiger charge is -2.03. The number of hydrogen-bond acceptors (Lipinski definition) is 3. The molecule has 72 valence electrons. The van der Waals surface area contributed by atoms with Crippen LogP contribution in [0.3, 0.4) is 0 Å². The van der Waals surface area contributed by atoms with Crippen molar-refractivity contribution in [1.29, 1.82) is 0 Å². The molecule has 0 aromatic carbocycles. The van der Waals surface area contributed by atoms with Gasteiger partial charge < -0.3 is 5.32 Å². The minimum Gasteiger partial charge on any atom is -0.369 e. The van der Waals surface area contributed by atoms with Gasteiger partial charge in [-0.25, -0.2) is 9.97 Å². The molecule has 1 N–H and O–H groups in total. The van der Waals surface area contributed by atoms with Gasteiger partial charge in [0.2, 0.25) is 0 Å². The predicted octanol–water partition coefficient (Wildman–Crippen LogP) is 2.24. The number of aromatic nitrogens is 2. The SMILES string of the molecule is CCCc1cc(NCCBr)ncn1. The molecule has 1 heterocycles. The summed E-state index contributed by atoms with van der Waals surface area (Å²) in [7, 11) is 0. The van der Waals surface area contributed by atoms with Crippen molar-refractivity contribution in [2.45, 2.75) is 19.8 Å². The Morgan fingerprint density at radius 2 is 2.31 bits per heavy atom. The van der Waals surface area contributed by atoms with Gasteiger partial charge in [0.05, 0.1) is 0 Å². The Balaban J connectivity index is 2.56. The molecule has 0 spiro atoms. The Morgan fingerprint density at radius 1 is 1.46 bits per heavy atom. The van der Waals surface area contributed by atoms with Gasteiger partial charge in [0.25, 0.3) is 0 Å². The Kier molecular flexibility index (Phi) is 4.75. The van der Waals surface area contributed by atoms with Crippen LogP contribution in [0, 0.1) is 0 Å². The summed E-state index contributed by atoms with van der Waals surface area (Å²) in [5, 5.41) is 4.13. The molecule has 0 saturated heterocycles. The summed E-state index contributed by atoms with van der Waals surface area (Å²) in [6.07, 6.45) is 3.75. The molecular formula is C9H14BrN3. The standard InChI is InChI=1S/C9H14BrN3/c1-2-3-8-6-9(11-5-4-10)13-7-12-8/h6-7H,2-5H2,1H3,(H,11,12,13). The minimum atomic E-state index is 0.891. The second-order valence-corrected chi connectivity index (χ2v) is 3.55. The smallest absolute Gasteiger partial charge is 0.129 e. The van der Waals surface area contributed by atoms with E-state index in [2.05, 4.69) is 38.1 Å². The molecule has 1 rings (SSSR count). The van der Waals surface area contributed by atoms with Crippen LogP contribution in [0.25, 0.3) is 0 Å². The third kappa shape index (κ3) is 3.72. The zero-order chi connectivity index (χ0) is 9.52. The van der Waals surface area contributed by atoms with Crippen molar-refractivity contribution in [1.82, 2.24) is 9.97 Å². The van der Waals surface area contributed by atoms with Crippen molar-refractivity contribution in [3.63, 3.8) is 0 Å². The van der Waals surface area contributed by atoms with Crippen molar-refractivity contribution < 1.29 is 0 Å². The molecule has 0 aliphatic heterocycles. The highest BCUT2D eigenvalue weighted by atomic mass is 79.9. The van der Waals surface area contributed by atoms with E-state index in [9.17, 15) is 0 Å². The average Bonchev–Trinajstić information content (AvgIpc) is 2.16. The van der Waals surface area contributed by atoms with Gasteiger partial charge in [-0.1, -0.05) is 29.3 Å². The van der Waals surface area contributed by atoms with E-state index in [4.69, 9.17) is 0 Å². The molecule has 0 atom stereocenters. The van der Waals surface area contributed by atoms with Crippen molar-refractivity contribution in [2.75, 3.05) is 17.2 Å². The summed E-state index contributed by atoms with van der Waals surface area (Å²) >= 11 is 3.35. The van der Waals surface area contributed by atoms with Crippen LogP contribution in [0.15, 0.2) is 12.4 Å². The molecule has 0 aliphatic carbocycles. The first-order chi connectivity index (χ1) is 6.36. The maximum atomic E-state index is 4.17. The molecule has 4 heteroatoms. The summed E-state index contributed by atoms with van der Waals surface area (Å²) in [6, 6.07) is 2.01. The summed E-state index contributed by atoms with van der Waals surface area (Å²) in [4.78, 5) is 8.29. The van der Waals surface area contributed by atoms with Gasteiger partial charge in [-0.2, -0.15) is 0 Å². The number of aryl methyl sites for hydroxylation is 1. The fraction of sp³-hybridized carbons (Fsp3) is 0.556. The fourth-order valence-corrected chi connectivity index (χ4v) is 1.26. The first-order valence-corrected chi connectivity index (χ1v) is 5.59. The van der Waals surface area contributed by atoms with Crippen LogP contribution in [0.5, 0.6) is 0 Å². The highest BCUT2D eigenvalue weighted by molar-refractivity contribution is 9.09. The van der Waals surface area contributed by atoms with Gasteiger partial charge in [-0.15, -0.1) is 0 Å². The van der Waals surface area contributed by atoms with Crippen molar-refractivity contribution in [3.05, 3.63) is 18.1 Å². The van der Waals surface area contributed by atoms with Gasteiger partial charge >= 0.3 is 0 Å². The van der Waals surface area contributed by atoms with Crippen molar-refractivity contribution in [2.24, 2.45) is 0 Å². The second-order valence-electron chi connectivity index (χ2n) is 2.76. The van der Waals surface area contributed by atoms with Crippen LogP contribution < -0.4 is 5.32 Å². The molecule has 1 aromatic heterocycles. The van der Waals surface area contributed by atoms with Gasteiger partial charge in [0, 0.05) is 23.6 Å². The van der Waals surface area contributed by atoms with Crippen LogP contribution in [-0.2, 0) is 6.42 Å². The summed E-state index contributed by atoms with van der Waals surface area (Å²) in [6.45, 7) is 3.04. The number of alkyl halides is 1. The number of rotatable bonds is 5. The Bertz CT molecular complexity index is 252. The van der Waals surface area contributed by atoms with Crippen LogP contribution in [0.2, 0.25) is 0 Å². The Labute approximate surface area is 87.1 Å². The number of halogens is 1. The van der Waals surface area contributed by atoms with Crippen LogP contribution in [0.4, 0.5) is 5.82 Å². The van der Waals surface area contributed by atoms with Gasteiger partial charge in [0.1, 0.15) is 12.1 Å². The van der Waals surface area contributed by atoms with E-state index in [1.54, 1.807) is 6.33 Å². The van der Waals surface area contributed by atoms with Crippen LogP contribution in [-0.4, -0.2) is 21.8 Å². The highest BCUT2D eigenvalue weighted by Gasteiger charge is 1.96. The molecule has 1 aromatic rings. The van der Waals surface area contributed by atoms with E-state index in [1.165, 1.54) is 0 Å². The zero-order valence-electron chi connectivity index (χ0n) is 7.76. The van der Waals surface area contributed by atoms with E-state index in [0.29, 0.717) is 0 Å². The summed E-state index contributed by atoms with van der Waals surface area (Å²) in [5.74, 6) is 0.915. The molecule has 0 unspecified atom stereocenters. The van der Waals surface area contributed by atoms with E-state index < -0.39 is 0 Å². The number of nitrogens with one attached hydrogen (secondary N) is 1.